The predicted molar refractivity (Wildman–Crippen MR) is 502 cm³/mol. The van der Waals surface area contributed by atoms with Crippen LogP contribution in [0.4, 0.5) is 13.2 Å². The molecule has 13 aromatic rings. The predicted octanol–water partition coefficient (Wildman–Crippen LogP) is 26.2. The molecule has 0 amide bonds. The first kappa shape index (κ1) is 100. The van der Waals surface area contributed by atoms with Crippen molar-refractivity contribution >= 4 is 148 Å². The van der Waals surface area contributed by atoms with Gasteiger partial charge in [-0.25, -0.2) is 54.8 Å². The van der Waals surface area contributed by atoms with E-state index in [4.69, 9.17) is 44.8 Å². The van der Waals surface area contributed by atoms with Crippen LogP contribution in [0.2, 0.25) is 5.02 Å². The monoisotopic (exact) mass is 1820 g/mol. The SMILES string of the molecule is CC(C)(C)OCc1nc2cc(C(C)(C)C)cnc2s1.CC(C)(C)OCc1nc2cc(C3(C)CC3)cnc2s1.CC(C)(C)OCc1nc2cc(CC(F)(F)F)cnc2s1.CN(C)/C=C(/OC(C)(C)C)c1nc2cc(Cl)ccc2s1.Cc1cnc2sc(COC(C)(C)C)nc2c1.Cc1csc(COC(C)C)n1.Cc1nc(COC(C)C)sc1-c1ccncc1. The summed E-state index contributed by atoms with van der Waals surface area (Å²) in [6.45, 7) is 56.6. The van der Waals surface area contributed by atoms with E-state index in [-0.39, 0.29) is 45.1 Å². The van der Waals surface area contributed by atoms with Gasteiger partial charge in [-0.05, 0) is 258 Å². The minimum Gasteiger partial charge on any atom is -0.483 e. The molecule has 14 rings (SSSR count). The maximum Gasteiger partial charge on any atom is 0.393 e. The number of thiazole rings is 7. The van der Waals surface area contributed by atoms with Crippen LogP contribution in [-0.2, 0) is 90.1 Å². The molecule has 12 aromatic heterocycles. The molecule has 0 radical (unpaired) electrons. The van der Waals surface area contributed by atoms with Crippen LogP contribution in [0.1, 0.15) is 241 Å². The maximum absolute atomic E-state index is 12.3. The molecule has 1 saturated carbocycles. The summed E-state index contributed by atoms with van der Waals surface area (Å²) in [4.78, 5) is 59.7. The molecule has 662 valence electrons. The van der Waals surface area contributed by atoms with Crippen LogP contribution in [0.15, 0.2) is 103 Å². The fourth-order valence-corrected chi connectivity index (χ4v) is 16.4. The standard InChI is InChI=1S/C15H19ClN2OS.C15H20N2OS.C15H22N2OS.C13H15F3N2OS.C13H16N2OS.C12H16N2OS.C8H13NOS/c1-15(2,3)19-12(9-18(4)5)14-17-11-8-10(16)6-7-13(11)20-14;1-14(2,3)18-9-12-17-11-7-10(15(4)5-6-15)8-16-13(11)19-12;1-14(2,3)10-7-11-13(16-8-10)19-12(17-11)9-18-15(4,5)6;1-12(2,3)19-7-10-18-9-4-8(5-13(14,15)16)6-17-11(9)20-10;1-9(2)16-8-12-15-10(3)13(17-12)11-4-6-14-7-5-11;1-8-5-9-11(13-6-8)16-10(14-9)7-15-12(2,3)4;1-6(2)10-4-8-9-7(3)5-11-8/h6-9H,1-5H3;7-8H,5-6,9H2,1-4H3;7-8H,9H2,1-6H3;4,6H,5,7H2,1-3H3;4-7,9H,8H2,1-3H3;5-6H,7H2,1-4H3;5-6H,4H2,1-3H3/b12-9+;;;;;;. The van der Waals surface area contributed by atoms with Gasteiger partial charge in [0.2, 0.25) is 0 Å². The first-order valence-corrected chi connectivity index (χ1v) is 46.6. The second-order valence-corrected chi connectivity index (χ2v) is 44.1. The molecule has 0 unspecified atom stereocenters. The van der Waals surface area contributed by atoms with Gasteiger partial charge in [-0.15, -0.1) is 34.0 Å². The normalized spacial score (nSPS) is 13.2. The van der Waals surface area contributed by atoms with E-state index in [2.05, 4.69) is 147 Å². The number of aromatic nitrogens is 12. The number of hydrogen-bond acceptors (Lipinski definition) is 27. The summed E-state index contributed by atoms with van der Waals surface area (Å²) in [5, 5.41) is 9.40. The Bertz CT molecular complexity index is 5400. The summed E-state index contributed by atoms with van der Waals surface area (Å²) in [7, 11) is 3.94. The zero-order valence-electron chi connectivity index (χ0n) is 75.9. The zero-order valence-corrected chi connectivity index (χ0v) is 82.3. The summed E-state index contributed by atoms with van der Waals surface area (Å²) in [5.41, 5.74) is 11.0. The van der Waals surface area contributed by atoms with E-state index < -0.39 is 12.6 Å². The molecule has 0 saturated heterocycles. The summed E-state index contributed by atoms with van der Waals surface area (Å²) < 4.78 is 77.9. The number of rotatable bonds is 20. The van der Waals surface area contributed by atoms with Crippen LogP contribution in [0.25, 0.3) is 67.8 Å². The minimum atomic E-state index is -4.23. The highest BCUT2D eigenvalue weighted by molar-refractivity contribution is 7.20. The van der Waals surface area contributed by atoms with Crippen LogP contribution >= 0.6 is 91.0 Å². The van der Waals surface area contributed by atoms with Gasteiger partial charge < -0.3 is 38.1 Å². The van der Waals surface area contributed by atoms with Crippen molar-refractivity contribution in [2.45, 2.75) is 296 Å². The molecule has 12 heterocycles. The lowest BCUT2D eigenvalue weighted by atomic mass is 9.88. The van der Waals surface area contributed by atoms with Crippen molar-refractivity contribution < 1.29 is 46.3 Å². The fourth-order valence-electron chi connectivity index (χ4n) is 10.4. The molecule has 0 bridgehead atoms. The van der Waals surface area contributed by atoms with Crippen molar-refractivity contribution in [1.29, 1.82) is 0 Å². The van der Waals surface area contributed by atoms with Crippen molar-refractivity contribution in [2.24, 2.45) is 0 Å². The van der Waals surface area contributed by atoms with Crippen molar-refractivity contribution in [1.82, 2.24) is 64.7 Å². The highest BCUT2D eigenvalue weighted by Crippen LogP contribution is 2.48. The Morgan fingerprint density at radius 2 is 0.959 bits per heavy atom. The summed E-state index contributed by atoms with van der Waals surface area (Å²) in [6.07, 6.45) is 10.5. The first-order chi connectivity index (χ1) is 56.7. The number of halogens is 4. The van der Waals surface area contributed by atoms with Gasteiger partial charge in [-0.2, -0.15) is 13.2 Å². The van der Waals surface area contributed by atoms with Crippen LogP contribution in [0, 0.1) is 20.8 Å². The highest BCUT2D eigenvalue weighted by Gasteiger charge is 2.39. The lowest BCUT2D eigenvalue weighted by Gasteiger charge is -2.23. The molecule has 1 fully saturated rings. The Morgan fingerprint density at radius 1 is 0.500 bits per heavy atom. The van der Waals surface area contributed by atoms with Gasteiger partial charge >= 0.3 is 6.18 Å². The van der Waals surface area contributed by atoms with Crippen LogP contribution < -0.4 is 0 Å². The average Bonchev–Trinajstić information content (AvgIpc) is 1.62. The van der Waals surface area contributed by atoms with E-state index in [0.29, 0.717) is 71.5 Å². The van der Waals surface area contributed by atoms with Gasteiger partial charge in [0.1, 0.15) is 77.0 Å². The summed E-state index contributed by atoms with van der Waals surface area (Å²) in [5.74, 6) is 0.778. The Labute approximate surface area is 751 Å². The third-order valence-corrected chi connectivity index (χ3v) is 23.9. The topological polar surface area (TPSA) is 223 Å². The zero-order chi connectivity index (χ0) is 90.1. The van der Waals surface area contributed by atoms with Gasteiger partial charge in [0, 0.05) is 73.6 Å². The van der Waals surface area contributed by atoms with E-state index in [1.807, 2.05) is 190 Å². The Balaban J connectivity index is 0.000000178. The molecule has 1 aromatic carbocycles. The number of fused-ring (bicyclic) bond motifs is 5. The van der Waals surface area contributed by atoms with Crippen molar-refractivity contribution in [3.8, 4) is 10.4 Å². The van der Waals surface area contributed by atoms with Crippen LogP contribution in [0.3, 0.4) is 0 Å². The molecule has 1 aliphatic carbocycles. The second-order valence-electron chi connectivity index (χ2n) is 36.4. The van der Waals surface area contributed by atoms with Gasteiger partial charge in [-0.1, -0.05) is 84.6 Å². The molecule has 20 nitrogen and oxygen atoms in total. The lowest BCUT2D eigenvalue weighted by Crippen LogP contribution is -2.19. The number of aryl methyl sites for hydroxylation is 3. The highest BCUT2D eigenvalue weighted by atomic mass is 35.5. The van der Waals surface area contributed by atoms with E-state index in [9.17, 15) is 13.2 Å². The molecule has 0 spiro atoms. The van der Waals surface area contributed by atoms with Gasteiger partial charge in [0.15, 0.2) is 10.8 Å². The number of nitrogens with zero attached hydrogens (tertiary/aromatic N) is 13. The van der Waals surface area contributed by atoms with Gasteiger partial charge in [0.25, 0.3) is 0 Å². The van der Waals surface area contributed by atoms with Gasteiger partial charge in [0.05, 0.1) is 101 Å². The Kier molecular flexibility index (Phi) is 35.6. The van der Waals surface area contributed by atoms with E-state index in [1.54, 1.807) is 80.4 Å². The molecule has 31 heteroatoms. The van der Waals surface area contributed by atoms with Crippen LogP contribution in [-0.4, -0.2) is 125 Å². The van der Waals surface area contributed by atoms with Crippen molar-refractivity contribution in [3.63, 3.8) is 0 Å². The number of pyridine rings is 5. The minimum absolute atomic E-state index is 0.104. The Morgan fingerprint density at radius 3 is 1.41 bits per heavy atom. The van der Waals surface area contributed by atoms with E-state index in [1.165, 1.54) is 58.0 Å². The van der Waals surface area contributed by atoms with Crippen molar-refractivity contribution in [2.75, 3.05) is 14.1 Å². The summed E-state index contributed by atoms with van der Waals surface area (Å²) >= 11 is 17.1. The number of ether oxygens (including phenoxy) is 7. The van der Waals surface area contributed by atoms with E-state index >= 15 is 0 Å². The fraction of sp³-hybridized carbons (Fsp3) is 0.516. The van der Waals surface area contributed by atoms with Crippen LogP contribution in [0.5, 0.6) is 0 Å². The molecule has 1 aliphatic rings. The maximum atomic E-state index is 12.3. The molecule has 0 atom stereocenters. The second kappa shape index (κ2) is 43.4. The van der Waals surface area contributed by atoms with Crippen molar-refractivity contribution in [3.05, 3.63) is 177 Å². The molecule has 122 heavy (non-hydrogen) atoms. The Hall–Kier alpha value is -7.14. The molecular weight excluding hydrogens is 1700 g/mol. The number of alkyl halides is 3. The molecule has 0 aliphatic heterocycles. The third-order valence-electron chi connectivity index (χ3n) is 16.7. The number of hydrogen-bond donors (Lipinski definition) is 0. The molecular formula is C91H121ClF3N13O7S7. The third kappa shape index (κ3) is 35.4. The summed E-state index contributed by atoms with van der Waals surface area (Å²) in [6, 6.07) is 17.6. The first-order valence-electron chi connectivity index (χ1n) is 40.4. The lowest BCUT2D eigenvalue weighted by molar-refractivity contribution is -0.127. The average molecular weight is 1830 g/mol. The largest absolute Gasteiger partial charge is 0.483 e. The van der Waals surface area contributed by atoms with Gasteiger partial charge in [-0.3, -0.25) is 4.98 Å². The smallest absolute Gasteiger partial charge is 0.393 e. The van der Waals surface area contributed by atoms with E-state index in [0.717, 1.165) is 94.0 Å². The number of benzene rings is 1. The quantitative estimate of drug-likeness (QED) is 0.0647. The molecule has 0 N–H and O–H groups in total.